The van der Waals surface area contributed by atoms with Gasteiger partial charge in [-0.2, -0.15) is 0 Å². The zero-order chi connectivity index (χ0) is 24.3. The van der Waals surface area contributed by atoms with E-state index < -0.39 is 41.7 Å². The number of nitrogens with zero attached hydrogens (tertiary/aromatic N) is 1. The minimum atomic E-state index is -1.42. The van der Waals surface area contributed by atoms with Crippen molar-refractivity contribution in [2.24, 2.45) is 5.92 Å². The van der Waals surface area contributed by atoms with Crippen molar-refractivity contribution in [3.05, 3.63) is 52.2 Å². The Labute approximate surface area is 195 Å². The largest absolute Gasteiger partial charge is 0.462 e. The number of carbonyl (C=O) groups excluding carboxylic acids is 4. The first-order chi connectivity index (χ1) is 15.6. The zero-order valence-electron chi connectivity index (χ0n) is 18.9. The minimum absolute atomic E-state index is 0.188. The van der Waals surface area contributed by atoms with E-state index in [1.165, 1.54) is 42.5 Å². The van der Waals surface area contributed by atoms with Crippen LogP contribution < -0.4 is 10.6 Å². The second kappa shape index (κ2) is 9.70. The van der Waals surface area contributed by atoms with Gasteiger partial charge < -0.3 is 15.4 Å². The summed E-state index contributed by atoms with van der Waals surface area (Å²) in [4.78, 5) is 51.5. The number of benzene rings is 1. The molecule has 1 fully saturated rings. The third-order valence-corrected chi connectivity index (χ3v) is 6.17. The van der Waals surface area contributed by atoms with E-state index in [4.69, 9.17) is 4.74 Å². The fourth-order valence-electron chi connectivity index (χ4n) is 3.63. The van der Waals surface area contributed by atoms with Gasteiger partial charge in [0.1, 0.15) is 22.9 Å². The Bertz CT molecular complexity index is 1080. The second-order valence-electron chi connectivity index (χ2n) is 8.29. The Morgan fingerprint density at radius 2 is 1.91 bits per heavy atom. The third kappa shape index (κ3) is 5.05. The molecule has 2 aromatic rings. The lowest BCUT2D eigenvalue weighted by atomic mass is 9.92. The van der Waals surface area contributed by atoms with Gasteiger partial charge in [0.2, 0.25) is 5.91 Å². The average molecular weight is 476 g/mol. The summed E-state index contributed by atoms with van der Waals surface area (Å²) in [5.74, 6) is -1.99. The maximum absolute atomic E-state index is 13.3. The molecule has 33 heavy (non-hydrogen) atoms. The Balaban J connectivity index is 1.77. The summed E-state index contributed by atoms with van der Waals surface area (Å²) >= 11 is 1.19. The van der Waals surface area contributed by atoms with Gasteiger partial charge in [-0.15, -0.1) is 11.3 Å². The van der Waals surface area contributed by atoms with E-state index in [1.54, 1.807) is 12.3 Å². The quantitative estimate of drug-likeness (QED) is 0.448. The highest BCUT2D eigenvalue weighted by Gasteiger charge is 2.49. The van der Waals surface area contributed by atoms with E-state index in [-0.39, 0.29) is 18.1 Å². The molecule has 0 bridgehead atoms. The molecule has 1 aromatic carbocycles. The van der Waals surface area contributed by atoms with Crippen LogP contribution in [0.3, 0.4) is 0 Å². The molecule has 4 amide bonds. The Morgan fingerprint density at radius 1 is 1.24 bits per heavy atom. The number of nitrogens with one attached hydrogen (secondary N) is 2. The van der Waals surface area contributed by atoms with Crippen LogP contribution in [0.25, 0.3) is 0 Å². The standard InChI is InChI=1S/C23H26FN3O5S/c1-5-32-20(29)18-14(10-13(2)3)12-33-19(18)25-17(28)11-27-21(30)23(4,26-22(27)31)15-6-8-16(24)9-7-15/h6-9,12-13H,5,10-11H2,1-4H3,(H,25,28)(H,26,31). The van der Waals surface area contributed by atoms with Crippen molar-refractivity contribution in [2.75, 3.05) is 18.5 Å². The van der Waals surface area contributed by atoms with Crippen molar-refractivity contribution >= 4 is 40.2 Å². The van der Waals surface area contributed by atoms with Gasteiger partial charge in [-0.1, -0.05) is 26.0 Å². The van der Waals surface area contributed by atoms with Crippen molar-refractivity contribution in [3.8, 4) is 0 Å². The van der Waals surface area contributed by atoms with Crippen LogP contribution in [0.1, 0.15) is 49.2 Å². The van der Waals surface area contributed by atoms with Gasteiger partial charge in [0.25, 0.3) is 5.91 Å². The van der Waals surface area contributed by atoms with Crippen LogP contribution in [0, 0.1) is 11.7 Å². The summed E-state index contributed by atoms with van der Waals surface area (Å²) in [6, 6.07) is 4.46. The number of ether oxygens (including phenoxy) is 1. The first-order valence-electron chi connectivity index (χ1n) is 10.5. The summed E-state index contributed by atoms with van der Waals surface area (Å²) in [6.45, 7) is 6.87. The fraction of sp³-hybridized carbons (Fsp3) is 0.391. The van der Waals surface area contributed by atoms with Gasteiger partial charge in [-0.3, -0.25) is 14.5 Å². The number of imide groups is 1. The summed E-state index contributed by atoms with van der Waals surface area (Å²) in [7, 11) is 0. The predicted molar refractivity (Wildman–Crippen MR) is 121 cm³/mol. The molecule has 1 atom stereocenters. The van der Waals surface area contributed by atoms with Gasteiger partial charge in [-0.25, -0.2) is 14.0 Å². The average Bonchev–Trinajstić information content (AvgIpc) is 3.22. The number of esters is 1. The highest BCUT2D eigenvalue weighted by atomic mass is 32.1. The topological polar surface area (TPSA) is 105 Å². The van der Waals surface area contributed by atoms with Crippen LogP contribution in [-0.4, -0.2) is 41.9 Å². The zero-order valence-corrected chi connectivity index (χ0v) is 19.7. The van der Waals surface area contributed by atoms with E-state index in [0.29, 0.717) is 17.0 Å². The van der Waals surface area contributed by atoms with E-state index >= 15 is 0 Å². The first-order valence-corrected chi connectivity index (χ1v) is 11.4. The van der Waals surface area contributed by atoms with Crippen LogP contribution in [0.15, 0.2) is 29.6 Å². The van der Waals surface area contributed by atoms with E-state index in [0.717, 1.165) is 10.5 Å². The predicted octanol–water partition coefficient (Wildman–Crippen LogP) is 3.67. The smallest absolute Gasteiger partial charge is 0.341 e. The molecule has 0 aliphatic carbocycles. The van der Waals surface area contributed by atoms with Crippen molar-refractivity contribution < 1.29 is 28.3 Å². The molecule has 176 valence electrons. The van der Waals surface area contributed by atoms with Crippen molar-refractivity contribution in [1.82, 2.24) is 10.2 Å². The second-order valence-corrected chi connectivity index (χ2v) is 9.16. The van der Waals surface area contributed by atoms with Gasteiger partial charge in [0, 0.05) is 0 Å². The van der Waals surface area contributed by atoms with E-state index in [2.05, 4.69) is 10.6 Å². The number of hydrogen-bond acceptors (Lipinski definition) is 6. The Morgan fingerprint density at radius 3 is 2.52 bits per heavy atom. The van der Waals surface area contributed by atoms with Crippen LogP contribution in [-0.2, 0) is 26.3 Å². The fourth-order valence-corrected chi connectivity index (χ4v) is 4.61. The summed E-state index contributed by atoms with van der Waals surface area (Å²) in [6.07, 6.45) is 0.629. The molecular formula is C23H26FN3O5S. The molecule has 10 heteroatoms. The van der Waals surface area contributed by atoms with Crippen molar-refractivity contribution in [1.29, 1.82) is 0 Å². The highest BCUT2D eigenvalue weighted by Crippen LogP contribution is 2.32. The number of urea groups is 1. The maximum Gasteiger partial charge on any atom is 0.341 e. The normalized spacial score (nSPS) is 17.9. The lowest BCUT2D eigenvalue weighted by Gasteiger charge is -2.22. The molecule has 2 heterocycles. The number of amides is 4. The number of hydrogen-bond donors (Lipinski definition) is 2. The minimum Gasteiger partial charge on any atom is -0.462 e. The molecule has 3 rings (SSSR count). The number of anilines is 1. The molecule has 8 nitrogen and oxygen atoms in total. The summed E-state index contributed by atoms with van der Waals surface area (Å²) in [5.41, 5.74) is 0.0281. The van der Waals surface area contributed by atoms with Gasteiger partial charge in [0.05, 0.1) is 12.2 Å². The molecule has 0 radical (unpaired) electrons. The SMILES string of the molecule is CCOC(=O)c1c(CC(C)C)csc1NC(=O)CN1C(=O)NC(C)(c2ccc(F)cc2)C1=O. The summed E-state index contributed by atoms with van der Waals surface area (Å²) < 4.78 is 18.4. The highest BCUT2D eigenvalue weighted by molar-refractivity contribution is 7.15. The molecule has 0 saturated carbocycles. The van der Waals surface area contributed by atoms with E-state index in [9.17, 15) is 23.6 Å². The third-order valence-electron chi connectivity index (χ3n) is 5.23. The van der Waals surface area contributed by atoms with Gasteiger partial charge in [-0.05, 0) is 54.8 Å². The molecule has 1 aliphatic rings. The van der Waals surface area contributed by atoms with Crippen LogP contribution in [0.2, 0.25) is 0 Å². The molecule has 1 aromatic heterocycles. The van der Waals surface area contributed by atoms with Crippen LogP contribution in [0.4, 0.5) is 14.2 Å². The molecular weight excluding hydrogens is 449 g/mol. The number of halogens is 1. The summed E-state index contributed by atoms with van der Waals surface area (Å²) in [5, 5.41) is 7.31. The maximum atomic E-state index is 13.3. The molecule has 2 N–H and O–H groups in total. The Hall–Kier alpha value is -3.27. The van der Waals surface area contributed by atoms with Gasteiger partial charge >= 0.3 is 12.0 Å². The van der Waals surface area contributed by atoms with Crippen LogP contribution in [0.5, 0.6) is 0 Å². The van der Waals surface area contributed by atoms with Crippen LogP contribution >= 0.6 is 11.3 Å². The lowest BCUT2D eigenvalue weighted by Crippen LogP contribution is -2.42. The molecule has 0 spiro atoms. The molecule has 1 unspecified atom stereocenters. The van der Waals surface area contributed by atoms with Gasteiger partial charge in [0.15, 0.2) is 0 Å². The molecule has 1 saturated heterocycles. The lowest BCUT2D eigenvalue weighted by molar-refractivity contribution is -0.133. The van der Waals surface area contributed by atoms with Crippen molar-refractivity contribution in [3.63, 3.8) is 0 Å². The van der Waals surface area contributed by atoms with Crippen molar-refractivity contribution in [2.45, 2.75) is 39.7 Å². The van der Waals surface area contributed by atoms with E-state index in [1.807, 2.05) is 13.8 Å². The number of thiophene rings is 1. The monoisotopic (exact) mass is 475 g/mol. The first kappa shape index (κ1) is 24.4. The Kier molecular flexibility index (Phi) is 7.16. The number of carbonyl (C=O) groups is 4. The number of rotatable bonds is 8. The molecule has 1 aliphatic heterocycles.